The number of anilines is 1. The van der Waals surface area contributed by atoms with Gasteiger partial charge in [0.25, 0.3) is 11.6 Å². The number of non-ortho nitro benzene ring substituents is 1. The molecule has 1 heterocycles. The van der Waals surface area contributed by atoms with Crippen LogP contribution < -0.4 is 5.32 Å². The molecule has 1 atom stereocenters. The van der Waals surface area contributed by atoms with Gasteiger partial charge in [-0.1, -0.05) is 30.3 Å². The van der Waals surface area contributed by atoms with Gasteiger partial charge in [0, 0.05) is 23.3 Å². The molecule has 2 aromatic rings. The molecule has 8 nitrogen and oxygen atoms in total. The van der Waals surface area contributed by atoms with Crippen LogP contribution in [0.5, 0.6) is 0 Å². The van der Waals surface area contributed by atoms with Crippen LogP contribution >= 0.6 is 0 Å². The molecule has 0 bridgehead atoms. The number of nitrogens with one attached hydrogen (secondary N) is 1. The van der Waals surface area contributed by atoms with Gasteiger partial charge in [-0.3, -0.25) is 19.9 Å². The number of hydrogen-bond donors (Lipinski definition) is 2. The summed E-state index contributed by atoms with van der Waals surface area (Å²) in [4.78, 5) is 37.9. The fraction of sp³-hybridized carbons (Fsp3) is 0.0625. The summed E-state index contributed by atoms with van der Waals surface area (Å²) in [5.41, 5.74) is 1.16. The van der Waals surface area contributed by atoms with Crippen LogP contribution in [0.4, 0.5) is 11.4 Å². The van der Waals surface area contributed by atoms with Gasteiger partial charge in [0.05, 0.1) is 16.3 Å². The Balaban J connectivity index is 0.00000225. The van der Waals surface area contributed by atoms with E-state index in [0.29, 0.717) is 11.1 Å². The number of aliphatic imine (C=N–C) groups is 1. The molecule has 0 saturated carbocycles. The second kappa shape index (κ2) is 7.98. The maximum atomic E-state index is 12.1. The number of amides is 1. The van der Waals surface area contributed by atoms with E-state index in [1.807, 2.05) is 0 Å². The first-order valence-corrected chi connectivity index (χ1v) is 6.93. The van der Waals surface area contributed by atoms with Crippen LogP contribution in [0.25, 0.3) is 0 Å². The topological polar surface area (TPSA) is 122 Å². The van der Waals surface area contributed by atoms with Crippen molar-refractivity contribution < 1.29 is 19.6 Å². The van der Waals surface area contributed by atoms with E-state index < -0.39 is 22.8 Å². The number of carbonyl (C=O) groups is 2. The normalized spacial score (nSPS) is 15.8. The summed E-state index contributed by atoms with van der Waals surface area (Å²) in [6, 6.07) is 10.9. The Morgan fingerprint density at radius 3 is 2.48 bits per heavy atom. The minimum absolute atomic E-state index is 0. The van der Waals surface area contributed by atoms with E-state index in [1.165, 1.54) is 18.2 Å². The molecule has 122 valence electrons. The predicted octanol–water partition coefficient (Wildman–Crippen LogP) is 1.19. The van der Waals surface area contributed by atoms with Crippen LogP contribution in [0.2, 0.25) is 0 Å². The molecule has 0 fully saturated rings. The first-order chi connectivity index (χ1) is 11.5. The maximum absolute atomic E-state index is 12.1. The van der Waals surface area contributed by atoms with Crippen molar-refractivity contribution in [1.29, 1.82) is 0 Å². The van der Waals surface area contributed by atoms with Crippen molar-refractivity contribution in [2.75, 3.05) is 5.32 Å². The fourth-order valence-corrected chi connectivity index (χ4v) is 2.40. The third-order valence-corrected chi connectivity index (χ3v) is 3.51. The molecule has 1 amide bonds. The molecule has 0 radical (unpaired) electrons. The van der Waals surface area contributed by atoms with Crippen LogP contribution in [-0.2, 0) is 9.59 Å². The average Bonchev–Trinajstić information content (AvgIpc) is 2.71. The number of aliphatic carboxylic acids is 1. The van der Waals surface area contributed by atoms with Crippen LogP contribution in [0.15, 0.2) is 53.5 Å². The molecule has 0 unspecified atom stereocenters. The molecular formula is C16H12KN3O5. The quantitative estimate of drug-likeness (QED) is 0.366. The van der Waals surface area contributed by atoms with Crippen molar-refractivity contribution in [2.45, 2.75) is 6.04 Å². The second-order valence-corrected chi connectivity index (χ2v) is 5.06. The van der Waals surface area contributed by atoms with Gasteiger partial charge in [-0.2, -0.15) is 0 Å². The monoisotopic (exact) mass is 365 g/mol. The van der Waals surface area contributed by atoms with Gasteiger partial charge >= 0.3 is 57.4 Å². The van der Waals surface area contributed by atoms with Gasteiger partial charge in [-0.05, 0) is 6.07 Å². The van der Waals surface area contributed by atoms with Gasteiger partial charge in [-0.25, -0.2) is 4.79 Å². The SMILES string of the molecule is O=C(O)[C@H]1N=C(c2ccccc2)c2cc([N+](=O)[O-])ccc2NC1=O.[KH]. The van der Waals surface area contributed by atoms with E-state index in [4.69, 9.17) is 0 Å². The van der Waals surface area contributed by atoms with Crippen molar-refractivity contribution in [3.8, 4) is 0 Å². The molecule has 2 N–H and O–H groups in total. The summed E-state index contributed by atoms with van der Waals surface area (Å²) in [6.45, 7) is 0. The van der Waals surface area contributed by atoms with E-state index in [2.05, 4.69) is 10.3 Å². The van der Waals surface area contributed by atoms with Crippen LogP contribution in [0.1, 0.15) is 11.1 Å². The van der Waals surface area contributed by atoms with Gasteiger partial charge in [0.1, 0.15) is 0 Å². The first-order valence-electron chi connectivity index (χ1n) is 6.93. The first kappa shape index (κ1) is 19.4. The standard InChI is InChI=1S/C16H11N3O5.K.H/c20-15-14(16(21)22)18-13(9-4-2-1-3-5-9)11-8-10(19(23)24)6-7-12(11)17-15;;/h1-8,14H,(H,17,20)(H,21,22);;/t14-;;/m0../s1. The number of nitro benzene ring substituents is 1. The number of benzene rings is 2. The molecule has 0 aliphatic carbocycles. The Kier molecular flexibility index (Phi) is 6.19. The number of nitrogens with zero attached hydrogens (tertiary/aromatic N) is 2. The van der Waals surface area contributed by atoms with Crippen molar-refractivity contribution in [3.05, 3.63) is 69.8 Å². The minimum atomic E-state index is -1.63. The summed E-state index contributed by atoms with van der Waals surface area (Å²) in [7, 11) is 0. The number of rotatable bonds is 3. The van der Waals surface area contributed by atoms with E-state index in [0.717, 1.165) is 0 Å². The number of benzodiazepines with no additional fused rings is 1. The summed E-state index contributed by atoms with van der Waals surface area (Å²) in [5, 5.41) is 22.7. The van der Waals surface area contributed by atoms with Crippen molar-refractivity contribution in [3.63, 3.8) is 0 Å². The summed E-state index contributed by atoms with van der Waals surface area (Å²) >= 11 is 0. The number of fused-ring (bicyclic) bond motifs is 1. The van der Waals surface area contributed by atoms with Gasteiger partial charge in [0.2, 0.25) is 6.04 Å². The van der Waals surface area contributed by atoms with E-state index in [-0.39, 0.29) is 68.5 Å². The van der Waals surface area contributed by atoms with Crippen molar-refractivity contribution in [1.82, 2.24) is 0 Å². The molecular weight excluding hydrogens is 353 g/mol. The predicted molar refractivity (Wildman–Crippen MR) is 92.4 cm³/mol. The third-order valence-electron chi connectivity index (χ3n) is 3.51. The summed E-state index contributed by atoms with van der Waals surface area (Å²) in [6.07, 6.45) is 0. The van der Waals surface area contributed by atoms with Crippen molar-refractivity contribution in [2.24, 2.45) is 4.99 Å². The number of nitro groups is 1. The van der Waals surface area contributed by atoms with Gasteiger partial charge in [-0.15, -0.1) is 0 Å². The molecule has 0 saturated heterocycles. The zero-order valence-electron chi connectivity index (χ0n) is 12.2. The Morgan fingerprint density at radius 2 is 1.88 bits per heavy atom. The fourth-order valence-electron chi connectivity index (χ4n) is 2.40. The van der Waals surface area contributed by atoms with Gasteiger partial charge < -0.3 is 10.4 Å². The van der Waals surface area contributed by atoms with Crippen LogP contribution in [0, 0.1) is 10.1 Å². The molecule has 1 aliphatic rings. The molecule has 2 aromatic carbocycles. The van der Waals surface area contributed by atoms with E-state index in [1.54, 1.807) is 30.3 Å². The molecule has 25 heavy (non-hydrogen) atoms. The Hall–Kier alpha value is -1.91. The average molecular weight is 365 g/mol. The second-order valence-electron chi connectivity index (χ2n) is 5.06. The zero-order valence-corrected chi connectivity index (χ0v) is 12.2. The summed E-state index contributed by atoms with van der Waals surface area (Å²) < 4.78 is 0. The van der Waals surface area contributed by atoms with Crippen LogP contribution in [-0.4, -0.2) is 85.0 Å². The number of carboxylic acid groups (broad SMARTS) is 1. The summed E-state index contributed by atoms with van der Waals surface area (Å²) in [5.74, 6) is -2.20. The number of hydrogen-bond acceptors (Lipinski definition) is 5. The van der Waals surface area contributed by atoms with Crippen molar-refractivity contribution >= 4 is 80.3 Å². The molecule has 1 aliphatic heterocycles. The van der Waals surface area contributed by atoms with E-state index in [9.17, 15) is 24.8 Å². The molecule has 0 aromatic heterocycles. The van der Waals surface area contributed by atoms with E-state index >= 15 is 0 Å². The molecule has 9 heteroatoms. The number of carboxylic acids is 1. The Morgan fingerprint density at radius 1 is 1.20 bits per heavy atom. The molecule has 3 rings (SSSR count). The third kappa shape index (κ3) is 4.02. The molecule has 0 spiro atoms. The van der Waals surface area contributed by atoms with Gasteiger partial charge in [0.15, 0.2) is 0 Å². The Labute approximate surface area is 184 Å². The Bertz CT molecular complexity index is 883. The number of carbonyl (C=O) groups excluding carboxylic acids is 1. The zero-order chi connectivity index (χ0) is 17.3. The van der Waals surface area contributed by atoms with Crippen LogP contribution in [0.3, 0.4) is 0 Å².